The van der Waals surface area contributed by atoms with E-state index in [-0.39, 0.29) is 12.0 Å². The third-order valence-corrected chi connectivity index (χ3v) is 6.57. The number of nitrogens with zero attached hydrogens (tertiary/aromatic N) is 1. The molecule has 0 radical (unpaired) electrons. The average Bonchev–Trinajstić information content (AvgIpc) is 2.94. The molecule has 1 aliphatic heterocycles. The molecular weight excluding hydrogens is 375 g/mol. The van der Waals surface area contributed by atoms with Crippen molar-refractivity contribution in [2.24, 2.45) is 11.5 Å². The van der Waals surface area contributed by atoms with E-state index in [1.54, 1.807) is 13.0 Å². The van der Waals surface area contributed by atoms with Crippen molar-refractivity contribution in [3.8, 4) is 0 Å². The first-order chi connectivity index (χ1) is 12.3. The Balaban J connectivity index is 2.41. The Morgan fingerprint density at radius 3 is 2.63 bits per heavy atom. The van der Waals surface area contributed by atoms with E-state index >= 15 is 0 Å². The Kier molecular flexibility index (Phi) is 6.02. The highest BCUT2D eigenvalue weighted by Crippen LogP contribution is 2.35. The summed E-state index contributed by atoms with van der Waals surface area (Å²) in [5.74, 6) is -2.25. The van der Waals surface area contributed by atoms with Crippen LogP contribution in [0.4, 0.5) is 0 Å². The molecule has 1 aliphatic rings. The lowest BCUT2D eigenvalue weighted by Crippen LogP contribution is -2.58. The minimum atomic E-state index is -4.09. The Bertz CT molecular complexity index is 818. The topological polar surface area (TPSA) is 179 Å². The highest BCUT2D eigenvalue weighted by Gasteiger charge is 2.53. The van der Waals surface area contributed by atoms with Crippen molar-refractivity contribution < 1.29 is 28.4 Å². The maximum absolute atomic E-state index is 12.7. The normalized spacial score (nSPS) is 25.9. The van der Waals surface area contributed by atoms with Crippen LogP contribution in [0.5, 0.6) is 0 Å². The van der Waals surface area contributed by atoms with Gasteiger partial charge in [-0.25, -0.2) is 0 Å². The Labute approximate surface area is 158 Å². The van der Waals surface area contributed by atoms with Gasteiger partial charge in [0.2, 0.25) is 0 Å². The van der Waals surface area contributed by atoms with Crippen molar-refractivity contribution in [2.45, 2.75) is 37.4 Å². The number of rotatable bonds is 7. The summed E-state index contributed by atoms with van der Waals surface area (Å²) in [7, 11) is -5.83. The van der Waals surface area contributed by atoms with Crippen molar-refractivity contribution in [3.63, 3.8) is 0 Å². The highest BCUT2D eigenvalue weighted by molar-refractivity contribution is 7.87. The molecule has 0 saturated carbocycles. The van der Waals surface area contributed by atoms with Crippen molar-refractivity contribution in [2.75, 3.05) is 13.1 Å². The van der Waals surface area contributed by atoms with E-state index in [0.29, 0.717) is 12.0 Å². The van der Waals surface area contributed by atoms with Crippen LogP contribution in [0.25, 0.3) is 0 Å². The summed E-state index contributed by atoms with van der Waals surface area (Å²) in [4.78, 5) is 11.8. The molecule has 8 N–H and O–H groups in total. The first-order valence-electron chi connectivity index (χ1n) is 8.38. The minimum absolute atomic E-state index is 0.153. The third kappa shape index (κ3) is 4.49. The van der Waals surface area contributed by atoms with Crippen LogP contribution in [0.1, 0.15) is 31.7 Å². The van der Waals surface area contributed by atoms with Crippen molar-refractivity contribution >= 4 is 28.8 Å². The van der Waals surface area contributed by atoms with Crippen molar-refractivity contribution in [3.05, 3.63) is 29.8 Å². The van der Waals surface area contributed by atoms with Gasteiger partial charge in [0.15, 0.2) is 0 Å². The lowest BCUT2D eigenvalue weighted by Gasteiger charge is -2.28. The third-order valence-electron chi connectivity index (χ3n) is 4.89. The van der Waals surface area contributed by atoms with Gasteiger partial charge in [-0.3, -0.25) is 4.79 Å². The van der Waals surface area contributed by atoms with Crippen LogP contribution in [-0.4, -0.2) is 65.3 Å². The van der Waals surface area contributed by atoms with Gasteiger partial charge < -0.3 is 26.6 Å². The zero-order chi connectivity index (χ0) is 20.6. The number of nitrogens with one attached hydrogen (secondary N) is 1. The number of aliphatic carboxylic acids is 1. The Morgan fingerprint density at radius 1 is 1.48 bits per heavy atom. The molecule has 1 aromatic rings. The summed E-state index contributed by atoms with van der Waals surface area (Å²) < 4.78 is 28.7. The molecule has 0 aromatic heterocycles. The lowest BCUT2D eigenvalue weighted by atomic mass is 9.76. The fraction of sp³-hybridized carbons (Fsp3) is 0.533. The van der Waals surface area contributed by atoms with Gasteiger partial charge >= 0.3 is 13.1 Å². The van der Waals surface area contributed by atoms with Crippen LogP contribution in [0, 0.1) is 0 Å². The fourth-order valence-corrected chi connectivity index (χ4v) is 4.60. The molecule has 1 aromatic carbocycles. The smallest absolute Gasteiger partial charge is 0.480 e. The van der Waals surface area contributed by atoms with Gasteiger partial charge in [0.1, 0.15) is 5.54 Å². The lowest BCUT2D eigenvalue weighted by molar-refractivity contribution is -0.143. The second kappa shape index (κ2) is 7.47. The fourth-order valence-electron chi connectivity index (χ4n) is 3.00. The summed E-state index contributed by atoms with van der Waals surface area (Å²) in [5.41, 5.74) is 9.44. The first-order valence-corrected chi connectivity index (χ1v) is 9.82. The zero-order valence-electron chi connectivity index (χ0n) is 15.2. The van der Waals surface area contributed by atoms with Crippen molar-refractivity contribution in [1.82, 2.24) is 9.03 Å². The number of hydrogen-bond donors (Lipinski definition) is 6. The van der Waals surface area contributed by atoms with E-state index in [0.717, 1.165) is 4.31 Å². The van der Waals surface area contributed by atoms with Gasteiger partial charge in [-0.1, -0.05) is 31.2 Å². The molecule has 10 nitrogen and oxygen atoms in total. The molecule has 0 amide bonds. The molecular formula is C15H25BN4O6S. The van der Waals surface area contributed by atoms with Crippen molar-refractivity contribution in [1.29, 1.82) is 0 Å². The van der Waals surface area contributed by atoms with Crippen LogP contribution in [0.3, 0.4) is 0 Å². The molecule has 150 valence electrons. The Hall–Kier alpha value is -1.54. The van der Waals surface area contributed by atoms with E-state index in [1.807, 2.05) is 0 Å². The molecule has 2 rings (SSSR count). The molecule has 12 heteroatoms. The van der Waals surface area contributed by atoms with E-state index in [4.69, 9.17) is 11.5 Å². The quantitative estimate of drug-likeness (QED) is 0.214. The van der Waals surface area contributed by atoms with Gasteiger partial charge in [-0.15, -0.1) is 0 Å². The minimum Gasteiger partial charge on any atom is -0.480 e. The van der Waals surface area contributed by atoms with Crippen LogP contribution >= 0.6 is 0 Å². The molecule has 1 heterocycles. The predicted octanol–water partition coefficient (Wildman–Crippen LogP) is -2.53. The number of benzene rings is 1. The van der Waals surface area contributed by atoms with E-state index < -0.39 is 47.0 Å². The number of hydrogen-bond acceptors (Lipinski definition) is 7. The average molecular weight is 400 g/mol. The largest absolute Gasteiger partial charge is 0.488 e. The molecule has 3 atom stereocenters. The summed E-state index contributed by atoms with van der Waals surface area (Å²) >= 11 is 0. The second-order valence-corrected chi connectivity index (χ2v) is 8.78. The maximum atomic E-state index is 12.7. The molecule has 0 aliphatic carbocycles. The number of carboxylic acids is 1. The summed E-state index contributed by atoms with van der Waals surface area (Å²) in [6, 6.07) is 5.96. The van der Waals surface area contributed by atoms with E-state index in [2.05, 4.69) is 4.72 Å². The predicted molar refractivity (Wildman–Crippen MR) is 100 cm³/mol. The monoisotopic (exact) mass is 400 g/mol. The number of carboxylic acid groups (broad SMARTS) is 1. The summed E-state index contributed by atoms with van der Waals surface area (Å²) in [5, 5.41) is 28.3. The summed E-state index contributed by atoms with van der Waals surface area (Å²) in [6.45, 7) is 2.58. The van der Waals surface area contributed by atoms with Gasteiger partial charge in [0.25, 0.3) is 10.2 Å². The Morgan fingerprint density at radius 2 is 2.11 bits per heavy atom. The van der Waals surface area contributed by atoms with Gasteiger partial charge in [-0.05, 0) is 24.4 Å². The highest BCUT2D eigenvalue weighted by atomic mass is 32.2. The van der Waals surface area contributed by atoms with Gasteiger partial charge in [0.05, 0.1) is 5.66 Å². The zero-order valence-corrected chi connectivity index (χ0v) is 16.0. The SMILES string of the molecule is CCC(C)(N)NS(=O)(=O)N1CC(c2cccc(B(O)O)c2)C(N)(C(=O)O)C1. The number of nitrogens with two attached hydrogens (primary N) is 2. The standard InChI is InChI=1S/C15H25BN4O6S/c1-3-14(2,17)19-27(25,26)20-8-12(15(18,9-20)13(21)22)10-5-4-6-11(7-10)16(23)24/h4-7,12,19,23-24H,3,8-9,17-18H2,1-2H3,(H,21,22). The number of carbonyl (C=O) groups is 1. The van der Waals surface area contributed by atoms with Crippen LogP contribution in [0.15, 0.2) is 24.3 Å². The van der Waals surface area contributed by atoms with Crippen LogP contribution in [0.2, 0.25) is 0 Å². The van der Waals surface area contributed by atoms with E-state index in [9.17, 15) is 28.4 Å². The first kappa shape index (κ1) is 21.8. The molecule has 3 unspecified atom stereocenters. The van der Waals surface area contributed by atoms with E-state index in [1.165, 1.54) is 25.1 Å². The van der Waals surface area contributed by atoms with Gasteiger partial charge in [0, 0.05) is 19.0 Å². The molecule has 1 fully saturated rings. The second-order valence-electron chi connectivity index (χ2n) is 7.11. The molecule has 1 saturated heterocycles. The van der Waals surface area contributed by atoms with Crippen LogP contribution in [-0.2, 0) is 15.0 Å². The van der Waals surface area contributed by atoms with Crippen LogP contribution < -0.4 is 21.7 Å². The summed E-state index contributed by atoms with van der Waals surface area (Å²) in [6.07, 6.45) is 0.326. The molecule has 0 spiro atoms. The molecule has 27 heavy (non-hydrogen) atoms. The molecule has 0 bridgehead atoms. The maximum Gasteiger partial charge on any atom is 0.488 e. The van der Waals surface area contributed by atoms with Gasteiger partial charge in [-0.2, -0.15) is 17.4 Å².